The summed E-state index contributed by atoms with van der Waals surface area (Å²) in [5.41, 5.74) is 7.94. The smallest absolute Gasteiger partial charge is 0.242 e. The minimum absolute atomic E-state index is 0. The molecule has 3 N–H and O–H groups in total. The van der Waals surface area contributed by atoms with E-state index in [1.807, 2.05) is 17.9 Å². The van der Waals surface area contributed by atoms with Crippen molar-refractivity contribution in [1.82, 2.24) is 9.88 Å². The van der Waals surface area contributed by atoms with Gasteiger partial charge in [0.05, 0.1) is 12.6 Å². The molecule has 1 amide bonds. The number of carbonyl (C=O) groups is 1. The number of hydrogen-bond donors (Lipinski definition) is 2. The average molecular weight is 380 g/mol. The highest BCUT2D eigenvalue weighted by Gasteiger charge is 2.34. The number of carbonyl (C=O) groups excluding carboxylic acids is 1. The monoisotopic (exact) mass is 379 g/mol. The molecule has 2 aromatic rings. The van der Waals surface area contributed by atoms with E-state index in [-0.39, 0.29) is 18.3 Å². The molecule has 0 saturated carbocycles. The topological polar surface area (TPSA) is 71.4 Å². The molecule has 3 rings (SSSR count). The molecule has 144 valence electrons. The van der Waals surface area contributed by atoms with Gasteiger partial charge >= 0.3 is 0 Å². The van der Waals surface area contributed by atoms with Gasteiger partial charge in [-0.3, -0.25) is 4.79 Å². The van der Waals surface area contributed by atoms with Crippen LogP contribution in [0.15, 0.2) is 24.4 Å². The van der Waals surface area contributed by atoms with Gasteiger partial charge in [-0.1, -0.05) is 13.3 Å². The summed E-state index contributed by atoms with van der Waals surface area (Å²) in [6, 6.07) is 6.12. The van der Waals surface area contributed by atoms with E-state index in [1.165, 1.54) is 10.9 Å². The Morgan fingerprint density at radius 1 is 1.38 bits per heavy atom. The number of benzene rings is 1. The van der Waals surface area contributed by atoms with Gasteiger partial charge < -0.3 is 20.4 Å². The lowest BCUT2D eigenvalue weighted by Crippen LogP contribution is -2.54. The molecule has 1 atom stereocenters. The van der Waals surface area contributed by atoms with Crippen LogP contribution < -0.4 is 10.5 Å². The summed E-state index contributed by atoms with van der Waals surface area (Å²) in [6.45, 7) is 5.47. The van der Waals surface area contributed by atoms with Crippen LogP contribution in [0.1, 0.15) is 51.0 Å². The summed E-state index contributed by atoms with van der Waals surface area (Å²) in [7, 11) is 1.69. The number of hydrogen-bond acceptors (Lipinski definition) is 3. The van der Waals surface area contributed by atoms with Crippen LogP contribution in [0.5, 0.6) is 5.75 Å². The summed E-state index contributed by atoms with van der Waals surface area (Å²) in [5.74, 6) is 1.42. The van der Waals surface area contributed by atoms with Gasteiger partial charge in [0.25, 0.3) is 0 Å². The second-order valence-electron chi connectivity index (χ2n) is 7.39. The van der Waals surface area contributed by atoms with Crippen LogP contribution in [0.3, 0.4) is 0 Å². The number of amides is 1. The van der Waals surface area contributed by atoms with Crippen molar-refractivity contribution in [2.75, 3.05) is 20.2 Å². The molecular formula is C20H30ClN3O2. The van der Waals surface area contributed by atoms with Gasteiger partial charge in [0.15, 0.2) is 0 Å². The quantitative estimate of drug-likeness (QED) is 0.829. The van der Waals surface area contributed by atoms with Crippen molar-refractivity contribution < 1.29 is 9.53 Å². The van der Waals surface area contributed by atoms with E-state index < -0.39 is 5.54 Å². The molecule has 26 heavy (non-hydrogen) atoms. The number of likely N-dealkylation sites (tertiary alicyclic amines) is 1. The molecule has 1 aromatic heterocycles. The second kappa shape index (κ2) is 8.31. The maximum Gasteiger partial charge on any atom is 0.242 e. The number of aromatic amines is 1. The summed E-state index contributed by atoms with van der Waals surface area (Å²) >= 11 is 0. The van der Waals surface area contributed by atoms with Crippen LogP contribution >= 0.6 is 12.4 Å². The highest BCUT2D eigenvalue weighted by molar-refractivity contribution is 5.86. The molecule has 0 spiro atoms. The molecule has 6 heteroatoms. The van der Waals surface area contributed by atoms with E-state index >= 15 is 0 Å². The molecule has 1 aliphatic rings. The van der Waals surface area contributed by atoms with Crippen molar-refractivity contribution in [3.05, 3.63) is 30.0 Å². The predicted octanol–water partition coefficient (Wildman–Crippen LogP) is 3.82. The predicted molar refractivity (Wildman–Crippen MR) is 108 cm³/mol. The zero-order chi connectivity index (χ0) is 18.0. The Morgan fingerprint density at radius 2 is 2.08 bits per heavy atom. The number of H-pyrrole nitrogens is 1. The Bertz CT molecular complexity index is 749. The van der Waals surface area contributed by atoms with Crippen LogP contribution in [0.4, 0.5) is 0 Å². The molecule has 5 nitrogen and oxygen atoms in total. The molecule has 0 radical (unpaired) electrons. The van der Waals surface area contributed by atoms with Gasteiger partial charge in [-0.15, -0.1) is 12.4 Å². The number of halogens is 1. The minimum atomic E-state index is -0.740. The van der Waals surface area contributed by atoms with Crippen molar-refractivity contribution in [3.63, 3.8) is 0 Å². The van der Waals surface area contributed by atoms with Crippen molar-refractivity contribution in [2.24, 2.45) is 5.73 Å². The van der Waals surface area contributed by atoms with Crippen LogP contribution in [0, 0.1) is 0 Å². The van der Waals surface area contributed by atoms with Gasteiger partial charge in [0.1, 0.15) is 5.75 Å². The number of piperidine rings is 1. The number of nitrogens with two attached hydrogens (primary N) is 1. The Kier molecular flexibility index (Phi) is 6.58. The number of methoxy groups -OCH3 is 1. The third kappa shape index (κ3) is 3.99. The SMILES string of the molecule is CCCC(C)(N)C(=O)N1CCC(c2c[nH]c3ccc(OC)cc23)CC1.Cl. The molecular weight excluding hydrogens is 350 g/mol. The molecule has 2 heterocycles. The summed E-state index contributed by atoms with van der Waals surface area (Å²) in [6.07, 6.45) is 5.70. The Morgan fingerprint density at radius 3 is 2.69 bits per heavy atom. The molecule has 0 aliphatic carbocycles. The van der Waals surface area contributed by atoms with Gasteiger partial charge in [-0.2, -0.15) is 0 Å². The summed E-state index contributed by atoms with van der Waals surface area (Å²) in [4.78, 5) is 18.0. The summed E-state index contributed by atoms with van der Waals surface area (Å²) < 4.78 is 5.36. The van der Waals surface area contributed by atoms with Crippen LogP contribution in [0.2, 0.25) is 0 Å². The Hall–Kier alpha value is -1.72. The lowest BCUT2D eigenvalue weighted by atomic mass is 9.87. The first kappa shape index (κ1) is 20.6. The van der Waals surface area contributed by atoms with Crippen LogP contribution in [-0.2, 0) is 4.79 Å². The van der Waals surface area contributed by atoms with Crippen molar-refractivity contribution >= 4 is 29.2 Å². The lowest BCUT2D eigenvalue weighted by Gasteiger charge is -2.37. The third-order valence-corrected chi connectivity index (χ3v) is 5.40. The fourth-order valence-electron chi connectivity index (χ4n) is 3.97. The lowest BCUT2D eigenvalue weighted by molar-refractivity contribution is -0.137. The van der Waals surface area contributed by atoms with E-state index in [0.717, 1.165) is 50.0 Å². The Balaban J connectivity index is 0.00000243. The molecule has 1 unspecified atom stereocenters. The third-order valence-electron chi connectivity index (χ3n) is 5.40. The minimum Gasteiger partial charge on any atom is -0.497 e. The Labute approximate surface area is 161 Å². The fourth-order valence-corrected chi connectivity index (χ4v) is 3.97. The highest BCUT2D eigenvalue weighted by atomic mass is 35.5. The number of nitrogens with zero attached hydrogens (tertiary/aromatic N) is 1. The first-order valence-corrected chi connectivity index (χ1v) is 9.19. The van der Waals surface area contributed by atoms with E-state index in [9.17, 15) is 4.79 Å². The molecule has 1 aromatic carbocycles. The number of rotatable bonds is 5. The maximum absolute atomic E-state index is 12.7. The first-order valence-electron chi connectivity index (χ1n) is 9.19. The fraction of sp³-hybridized carbons (Fsp3) is 0.550. The molecule has 1 saturated heterocycles. The zero-order valence-electron chi connectivity index (χ0n) is 15.9. The first-order chi connectivity index (χ1) is 12.0. The van der Waals surface area contributed by atoms with E-state index in [4.69, 9.17) is 10.5 Å². The summed E-state index contributed by atoms with van der Waals surface area (Å²) in [5, 5.41) is 1.22. The highest BCUT2D eigenvalue weighted by Crippen LogP contribution is 2.35. The van der Waals surface area contributed by atoms with Gasteiger partial charge in [-0.05, 0) is 55.9 Å². The van der Waals surface area contributed by atoms with E-state index in [2.05, 4.69) is 30.2 Å². The van der Waals surface area contributed by atoms with Gasteiger partial charge in [0, 0.05) is 30.2 Å². The van der Waals surface area contributed by atoms with Crippen LogP contribution in [0.25, 0.3) is 10.9 Å². The van der Waals surface area contributed by atoms with Crippen molar-refractivity contribution in [1.29, 1.82) is 0 Å². The van der Waals surface area contributed by atoms with Gasteiger partial charge in [-0.25, -0.2) is 0 Å². The standard InChI is InChI=1S/C20H29N3O2.ClH/c1-4-9-20(2,21)19(24)23-10-7-14(8-11-23)17-13-22-18-6-5-15(25-3)12-16(17)18;/h5-6,12-14,22H,4,7-11,21H2,1-3H3;1H. The molecule has 0 bridgehead atoms. The zero-order valence-corrected chi connectivity index (χ0v) is 16.7. The normalized spacial score (nSPS) is 17.6. The second-order valence-corrected chi connectivity index (χ2v) is 7.39. The largest absolute Gasteiger partial charge is 0.497 e. The van der Waals surface area contributed by atoms with Crippen molar-refractivity contribution in [2.45, 2.75) is 51.0 Å². The van der Waals surface area contributed by atoms with Crippen LogP contribution in [-0.4, -0.2) is 41.5 Å². The number of ether oxygens (including phenoxy) is 1. The average Bonchev–Trinajstić information content (AvgIpc) is 3.04. The number of fused-ring (bicyclic) bond motifs is 1. The van der Waals surface area contributed by atoms with E-state index in [0.29, 0.717) is 5.92 Å². The molecule has 1 fully saturated rings. The maximum atomic E-state index is 12.7. The number of nitrogens with one attached hydrogen (secondary N) is 1. The molecule has 1 aliphatic heterocycles. The van der Waals surface area contributed by atoms with Crippen molar-refractivity contribution in [3.8, 4) is 5.75 Å². The van der Waals surface area contributed by atoms with E-state index in [1.54, 1.807) is 7.11 Å². The number of aromatic nitrogens is 1. The van der Waals surface area contributed by atoms with Gasteiger partial charge in [0.2, 0.25) is 5.91 Å².